The van der Waals surface area contributed by atoms with E-state index >= 15 is 0 Å². The highest BCUT2D eigenvalue weighted by Crippen LogP contribution is 2.42. The van der Waals surface area contributed by atoms with Crippen molar-refractivity contribution in [2.75, 3.05) is 0 Å². The molecule has 3 fully saturated rings. The van der Waals surface area contributed by atoms with Gasteiger partial charge in [-0.15, -0.1) is 0 Å². The lowest BCUT2D eigenvalue weighted by atomic mass is 9.72. The van der Waals surface area contributed by atoms with Crippen LogP contribution in [-0.4, -0.2) is 12.2 Å². The van der Waals surface area contributed by atoms with Crippen molar-refractivity contribution in [1.82, 2.24) is 0 Å². The molecule has 14 heavy (non-hydrogen) atoms. The van der Waals surface area contributed by atoms with E-state index < -0.39 is 0 Å². The van der Waals surface area contributed by atoms with E-state index in [4.69, 9.17) is 4.74 Å². The van der Waals surface area contributed by atoms with Gasteiger partial charge in [0.2, 0.25) is 0 Å². The van der Waals surface area contributed by atoms with E-state index in [0.29, 0.717) is 12.2 Å². The number of rotatable bonds is 0. The second-order valence-electron chi connectivity index (χ2n) is 5.30. The van der Waals surface area contributed by atoms with Crippen LogP contribution in [0.3, 0.4) is 0 Å². The fourth-order valence-electron chi connectivity index (χ4n) is 3.57. The fraction of sp³-hybridized carbons (Fsp3) is 0.923. The van der Waals surface area contributed by atoms with Crippen LogP contribution in [-0.2, 0) is 4.74 Å². The van der Waals surface area contributed by atoms with Gasteiger partial charge in [0.05, 0.1) is 12.2 Å². The summed E-state index contributed by atoms with van der Waals surface area (Å²) in [5, 5.41) is 0. The van der Waals surface area contributed by atoms with Crippen molar-refractivity contribution < 1.29 is 4.74 Å². The summed E-state index contributed by atoms with van der Waals surface area (Å²) < 4.78 is 6.26. The van der Waals surface area contributed by atoms with Gasteiger partial charge in [-0.2, -0.15) is 0 Å². The molecule has 1 heterocycles. The Kier molecular flexibility index (Phi) is 2.53. The largest absolute Gasteiger partial charge is 0.374 e. The number of ether oxygens (including phenoxy) is 1. The Labute approximate surface area is 87.2 Å². The van der Waals surface area contributed by atoms with Gasteiger partial charge in [0.15, 0.2) is 0 Å². The molecule has 1 nitrogen and oxygen atoms in total. The van der Waals surface area contributed by atoms with Gasteiger partial charge >= 0.3 is 0 Å². The van der Waals surface area contributed by atoms with Crippen LogP contribution in [0.4, 0.5) is 0 Å². The van der Waals surface area contributed by atoms with Crippen LogP contribution in [0.1, 0.15) is 51.4 Å². The van der Waals surface area contributed by atoms with Crippen LogP contribution in [0.5, 0.6) is 0 Å². The smallest absolute Gasteiger partial charge is 0.0610 e. The first-order valence-corrected chi connectivity index (χ1v) is 6.44. The summed E-state index contributed by atoms with van der Waals surface area (Å²) >= 11 is 0. The Balaban J connectivity index is 1.68. The van der Waals surface area contributed by atoms with Crippen LogP contribution < -0.4 is 0 Å². The Bertz CT molecular complexity index is 159. The highest BCUT2D eigenvalue weighted by molar-refractivity contribution is 4.99. The van der Waals surface area contributed by atoms with Gasteiger partial charge in [0.1, 0.15) is 0 Å². The number of hydrogen-bond acceptors (Lipinski definition) is 1. The molecule has 0 aromatic carbocycles. The van der Waals surface area contributed by atoms with Crippen LogP contribution in [0, 0.1) is 18.3 Å². The third-order valence-corrected chi connectivity index (χ3v) is 4.35. The molecule has 2 saturated carbocycles. The maximum absolute atomic E-state index is 6.26. The highest BCUT2D eigenvalue weighted by atomic mass is 16.5. The van der Waals surface area contributed by atoms with Crippen molar-refractivity contribution in [3.8, 4) is 0 Å². The Hall–Kier alpha value is -0.0400. The summed E-state index contributed by atoms with van der Waals surface area (Å²) in [6, 6.07) is 0. The average Bonchev–Trinajstić information content (AvgIpc) is 2.26. The van der Waals surface area contributed by atoms with Crippen molar-refractivity contribution in [3.05, 3.63) is 6.42 Å². The van der Waals surface area contributed by atoms with Gasteiger partial charge in [0, 0.05) is 0 Å². The summed E-state index contributed by atoms with van der Waals surface area (Å²) in [4.78, 5) is 0. The third-order valence-electron chi connectivity index (χ3n) is 4.35. The number of fused-ring (bicyclic) bond motifs is 2. The van der Waals surface area contributed by atoms with Crippen molar-refractivity contribution in [2.24, 2.45) is 11.8 Å². The van der Waals surface area contributed by atoms with E-state index in [1.165, 1.54) is 51.4 Å². The summed E-state index contributed by atoms with van der Waals surface area (Å²) in [7, 11) is 0. The standard InChI is InChI=1S/C13H21O/c1-3-7-12-10(5-1)9-11-6-2-4-8-13(11)14-12/h9-13H,1-8H2. The van der Waals surface area contributed by atoms with Crippen LogP contribution in [0.25, 0.3) is 0 Å². The summed E-state index contributed by atoms with van der Waals surface area (Å²) in [5.41, 5.74) is 0. The van der Waals surface area contributed by atoms with Crippen molar-refractivity contribution in [3.63, 3.8) is 0 Å². The van der Waals surface area contributed by atoms with E-state index in [9.17, 15) is 0 Å². The summed E-state index contributed by atoms with van der Waals surface area (Å²) in [6.45, 7) is 0. The first-order chi connectivity index (χ1) is 6.93. The molecule has 1 saturated heterocycles. The van der Waals surface area contributed by atoms with E-state index in [1.54, 1.807) is 0 Å². The van der Waals surface area contributed by atoms with E-state index in [0.717, 1.165) is 11.8 Å². The molecule has 4 atom stereocenters. The molecule has 1 heteroatoms. The molecule has 0 amide bonds. The molecule has 0 bridgehead atoms. The average molecular weight is 193 g/mol. The molecular formula is C13H21O. The molecule has 0 aromatic rings. The molecule has 79 valence electrons. The molecule has 0 N–H and O–H groups in total. The molecule has 1 radical (unpaired) electrons. The Morgan fingerprint density at radius 3 is 1.79 bits per heavy atom. The van der Waals surface area contributed by atoms with Crippen LogP contribution in [0.15, 0.2) is 0 Å². The monoisotopic (exact) mass is 193 g/mol. The van der Waals surface area contributed by atoms with Crippen molar-refractivity contribution in [2.45, 2.75) is 63.6 Å². The zero-order valence-corrected chi connectivity index (χ0v) is 8.95. The second-order valence-corrected chi connectivity index (χ2v) is 5.30. The molecular weight excluding hydrogens is 172 g/mol. The SMILES string of the molecule is [CH]1C2CCCCC2OC2CCCCC12. The first kappa shape index (κ1) is 9.21. The zero-order chi connectivity index (χ0) is 9.38. The summed E-state index contributed by atoms with van der Waals surface area (Å²) in [6.07, 6.45) is 15.0. The fourth-order valence-corrected chi connectivity index (χ4v) is 3.57. The Morgan fingerprint density at radius 1 is 0.714 bits per heavy atom. The van der Waals surface area contributed by atoms with E-state index in [-0.39, 0.29) is 0 Å². The van der Waals surface area contributed by atoms with Gasteiger partial charge in [0.25, 0.3) is 0 Å². The Morgan fingerprint density at radius 2 is 1.21 bits per heavy atom. The molecule has 2 aliphatic carbocycles. The van der Waals surface area contributed by atoms with E-state index in [1.807, 2.05) is 0 Å². The normalized spacial score (nSPS) is 48.0. The molecule has 3 aliphatic rings. The minimum atomic E-state index is 0.600. The van der Waals surface area contributed by atoms with Crippen molar-refractivity contribution >= 4 is 0 Å². The lowest BCUT2D eigenvalue weighted by Crippen LogP contribution is -2.44. The van der Waals surface area contributed by atoms with Gasteiger partial charge in [-0.25, -0.2) is 0 Å². The highest BCUT2D eigenvalue weighted by Gasteiger charge is 2.39. The third kappa shape index (κ3) is 1.60. The molecule has 4 unspecified atom stereocenters. The predicted octanol–water partition coefficient (Wildman–Crippen LogP) is 3.34. The van der Waals surface area contributed by atoms with Gasteiger partial charge < -0.3 is 4.74 Å². The molecule has 0 spiro atoms. The zero-order valence-electron chi connectivity index (χ0n) is 8.95. The number of hydrogen-bond donors (Lipinski definition) is 0. The molecule has 0 aromatic heterocycles. The lowest BCUT2D eigenvalue weighted by molar-refractivity contribution is -0.115. The maximum atomic E-state index is 6.26. The minimum Gasteiger partial charge on any atom is -0.374 e. The van der Waals surface area contributed by atoms with Crippen molar-refractivity contribution in [1.29, 1.82) is 0 Å². The lowest BCUT2D eigenvalue weighted by Gasteiger charge is -2.45. The quantitative estimate of drug-likeness (QED) is 0.573. The topological polar surface area (TPSA) is 9.23 Å². The molecule has 1 aliphatic heterocycles. The van der Waals surface area contributed by atoms with Crippen LogP contribution in [0.2, 0.25) is 0 Å². The molecule has 3 rings (SSSR count). The van der Waals surface area contributed by atoms with E-state index in [2.05, 4.69) is 6.42 Å². The van der Waals surface area contributed by atoms with Gasteiger partial charge in [-0.05, 0) is 43.9 Å². The second kappa shape index (κ2) is 3.84. The van der Waals surface area contributed by atoms with Crippen LogP contribution >= 0.6 is 0 Å². The predicted molar refractivity (Wildman–Crippen MR) is 56.9 cm³/mol. The maximum Gasteiger partial charge on any atom is 0.0610 e. The minimum absolute atomic E-state index is 0.600. The van der Waals surface area contributed by atoms with Gasteiger partial charge in [-0.3, -0.25) is 0 Å². The summed E-state index contributed by atoms with van der Waals surface area (Å²) in [5.74, 6) is 1.62. The van der Waals surface area contributed by atoms with Gasteiger partial charge in [-0.1, -0.05) is 25.7 Å². The first-order valence-electron chi connectivity index (χ1n) is 6.44.